The Hall–Kier alpha value is -2.54. The minimum Gasteiger partial charge on any atom is -0.468 e. The number of carbonyl (C=O) groups excluding carboxylic acids is 1. The predicted molar refractivity (Wildman–Crippen MR) is 84.6 cm³/mol. The third-order valence-corrected chi connectivity index (χ3v) is 4.30. The highest BCUT2D eigenvalue weighted by molar-refractivity contribution is 6.35. The van der Waals surface area contributed by atoms with Crippen molar-refractivity contribution in [2.45, 2.75) is 13.1 Å². The lowest BCUT2D eigenvalue weighted by molar-refractivity contribution is 0.0696. The summed E-state index contributed by atoms with van der Waals surface area (Å²) < 4.78 is 7.17. The van der Waals surface area contributed by atoms with Gasteiger partial charge in [0.25, 0.3) is 11.9 Å². The second-order valence-electron chi connectivity index (χ2n) is 5.33. The molecule has 3 heterocycles. The lowest BCUT2D eigenvalue weighted by Crippen LogP contribution is -2.38. The van der Waals surface area contributed by atoms with Gasteiger partial charge in [0, 0.05) is 13.1 Å². The molecule has 0 saturated carbocycles. The van der Waals surface area contributed by atoms with E-state index >= 15 is 0 Å². The van der Waals surface area contributed by atoms with Crippen molar-refractivity contribution in [1.82, 2.24) is 24.4 Å². The van der Waals surface area contributed by atoms with Crippen molar-refractivity contribution in [3.8, 4) is 6.01 Å². The predicted octanol–water partition coefficient (Wildman–Crippen LogP) is 2.08. The summed E-state index contributed by atoms with van der Waals surface area (Å²) in [5, 5.41) is 0.551. The van der Waals surface area contributed by atoms with Crippen LogP contribution in [0.15, 0.2) is 24.4 Å². The largest absolute Gasteiger partial charge is 0.468 e. The second kappa shape index (κ2) is 5.27. The molecule has 3 aromatic rings. The minimum absolute atomic E-state index is 0.149. The molecule has 0 radical (unpaired) electrons. The number of carbonyl (C=O) groups is 1. The molecule has 0 aliphatic carbocycles. The number of H-pyrrole nitrogens is 1. The van der Waals surface area contributed by atoms with Crippen molar-refractivity contribution in [3.05, 3.63) is 40.9 Å². The molecule has 8 heteroatoms. The van der Waals surface area contributed by atoms with Crippen LogP contribution in [0.1, 0.15) is 16.3 Å². The summed E-state index contributed by atoms with van der Waals surface area (Å²) in [7, 11) is 1.59. The van der Waals surface area contributed by atoms with Gasteiger partial charge in [0.1, 0.15) is 0 Å². The molecular formula is C15H14ClN5O2. The molecule has 1 aliphatic heterocycles. The zero-order chi connectivity index (χ0) is 16.0. The molecule has 1 amide bonds. The van der Waals surface area contributed by atoms with E-state index in [1.807, 2.05) is 16.7 Å². The minimum atomic E-state index is -0.149. The van der Waals surface area contributed by atoms with Crippen molar-refractivity contribution >= 4 is 28.5 Å². The number of rotatable bonds is 2. The third-order valence-electron chi connectivity index (χ3n) is 3.99. The zero-order valence-corrected chi connectivity index (χ0v) is 13.2. The van der Waals surface area contributed by atoms with E-state index in [1.54, 1.807) is 24.3 Å². The van der Waals surface area contributed by atoms with Gasteiger partial charge in [-0.25, -0.2) is 9.97 Å². The van der Waals surface area contributed by atoms with Gasteiger partial charge in [-0.15, -0.1) is 0 Å². The van der Waals surface area contributed by atoms with Crippen LogP contribution in [0.3, 0.4) is 0 Å². The van der Waals surface area contributed by atoms with Crippen LogP contribution >= 0.6 is 11.6 Å². The summed E-state index contributed by atoms with van der Waals surface area (Å²) in [4.78, 5) is 26.0. The van der Waals surface area contributed by atoms with Crippen molar-refractivity contribution in [2.24, 2.45) is 0 Å². The maximum atomic E-state index is 12.7. The first-order valence-corrected chi connectivity index (χ1v) is 7.57. The molecule has 0 fully saturated rings. The average Bonchev–Trinajstić information content (AvgIpc) is 3.18. The van der Waals surface area contributed by atoms with Gasteiger partial charge in [-0.05, 0) is 12.1 Å². The van der Waals surface area contributed by atoms with E-state index in [4.69, 9.17) is 16.3 Å². The number of aromatic nitrogens is 4. The number of hydrogen-bond acceptors (Lipinski definition) is 4. The third kappa shape index (κ3) is 2.24. The van der Waals surface area contributed by atoms with Crippen LogP contribution in [0.2, 0.25) is 5.02 Å². The van der Waals surface area contributed by atoms with Crippen LogP contribution in [0.4, 0.5) is 0 Å². The summed E-state index contributed by atoms with van der Waals surface area (Å²) in [5.41, 5.74) is 2.31. The summed E-state index contributed by atoms with van der Waals surface area (Å²) in [6.45, 7) is 1.69. The van der Waals surface area contributed by atoms with E-state index in [1.165, 1.54) is 0 Å². The maximum absolute atomic E-state index is 12.7. The molecule has 7 nitrogen and oxygen atoms in total. The van der Waals surface area contributed by atoms with Gasteiger partial charge in [-0.2, -0.15) is 0 Å². The Morgan fingerprint density at radius 2 is 2.26 bits per heavy atom. The lowest BCUT2D eigenvalue weighted by atomic mass is 10.3. The Balaban J connectivity index is 1.62. The number of halogens is 1. The van der Waals surface area contributed by atoms with Crippen molar-refractivity contribution < 1.29 is 9.53 Å². The summed E-state index contributed by atoms with van der Waals surface area (Å²) in [6, 6.07) is 5.97. The zero-order valence-electron chi connectivity index (χ0n) is 12.4. The van der Waals surface area contributed by atoms with Crippen LogP contribution in [-0.2, 0) is 13.1 Å². The number of fused-ring (bicyclic) bond motifs is 2. The molecular weight excluding hydrogens is 318 g/mol. The fourth-order valence-corrected chi connectivity index (χ4v) is 3.05. The Bertz CT molecular complexity index is 901. The van der Waals surface area contributed by atoms with Crippen molar-refractivity contribution in [1.29, 1.82) is 0 Å². The highest BCUT2D eigenvalue weighted by Crippen LogP contribution is 2.23. The topological polar surface area (TPSA) is 76.0 Å². The number of ether oxygens (including phenoxy) is 1. The molecule has 23 heavy (non-hydrogen) atoms. The molecule has 1 aliphatic rings. The molecule has 118 valence electrons. The van der Waals surface area contributed by atoms with Crippen LogP contribution in [-0.4, -0.2) is 44.0 Å². The molecule has 2 aromatic heterocycles. The van der Waals surface area contributed by atoms with Gasteiger partial charge in [0.15, 0.2) is 5.82 Å². The Morgan fingerprint density at radius 1 is 1.39 bits per heavy atom. The van der Waals surface area contributed by atoms with E-state index in [0.717, 1.165) is 5.69 Å². The number of imidazole rings is 2. The van der Waals surface area contributed by atoms with Crippen LogP contribution < -0.4 is 4.74 Å². The molecule has 0 unspecified atom stereocenters. The number of para-hydroxylation sites is 1. The quantitative estimate of drug-likeness (QED) is 0.780. The Kier molecular flexibility index (Phi) is 3.23. The number of nitrogens with one attached hydrogen (secondary N) is 1. The SMILES string of the molecule is COc1ncc2n1CCN(C(=O)c1nc3cccc(Cl)c3[nH]1)C2. The van der Waals surface area contributed by atoms with E-state index in [9.17, 15) is 4.79 Å². The summed E-state index contributed by atoms with van der Waals surface area (Å²) in [6.07, 6.45) is 1.73. The first kappa shape index (κ1) is 14.1. The monoisotopic (exact) mass is 331 g/mol. The Morgan fingerprint density at radius 3 is 3.04 bits per heavy atom. The van der Waals surface area contributed by atoms with Crippen molar-refractivity contribution in [3.63, 3.8) is 0 Å². The molecule has 0 spiro atoms. The average molecular weight is 332 g/mol. The highest BCUT2D eigenvalue weighted by Gasteiger charge is 2.26. The lowest BCUT2D eigenvalue weighted by Gasteiger charge is -2.27. The number of amides is 1. The van der Waals surface area contributed by atoms with Crippen LogP contribution in [0.25, 0.3) is 11.0 Å². The normalized spacial score (nSPS) is 14.1. The first-order valence-electron chi connectivity index (χ1n) is 7.19. The van der Waals surface area contributed by atoms with E-state index < -0.39 is 0 Å². The molecule has 0 saturated heterocycles. The second-order valence-corrected chi connectivity index (χ2v) is 5.74. The van der Waals surface area contributed by atoms with Crippen LogP contribution in [0, 0.1) is 0 Å². The fraction of sp³-hybridized carbons (Fsp3) is 0.267. The molecule has 1 N–H and O–H groups in total. The number of nitrogens with zero attached hydrogens (tertiary/aromatic N) is 4. The molecule has 0 bridgehead atoms. The highest BCUT2D eigenvalue weighted by atomic mass is 35.5. The standard InChI is InChI=1S/C15H14ClN5O2/c1-23-15-17-7-9-8-20(5-6-21(9)15)14(22)13-18-11-4-2-3-10(16)12(11)19-13/h2-4,7H,5-6,8H2,1H3,(H,18,19). The number of hydrogen-bond donors (Lipinski definition) is 1. The smallest absolute Gasteiger partial charge is 0.296 e. The van der Waals surface area contributed by atoms with E-state index in [2.05, 4.69) is 15.0 Å². The summed E-state index contributed by atoms with van der Waals surface area (Å²) >= 11 is 6.12. The number of aromatic amines is 1. The maximum Gasteiger partial charge on any atom is 0.296 e. The van der Waals surface area contributed by atoms with Gasteiger partial charge in [0.05, 0.1) is 41.6 Å². The fourth-order valence-electron chi connectivity index (χ4n) is 2.84. The number of methoxy groups -OCH3 is 1. The Labute approximate surface area is 136 Å². The molecule has 4 rings (SSSR count). The van der Waals surface area contributed by atoms with Crippen molar-refractivity contribution in [2.75, 3.05) is 13.7 Å². The van der Waals surface area contributed by atoms with Gasteiger partial charge in [-0.1, -0.05) is 17.7 Å². The van der Waals surface area contributed by atoms with E-state index in [0.29, 0.717) is 47.5 Å². The summed E-state index contributed by atoms with van der Waals surface area (Å²) in [5.74, 6) is 0.150. The molecule has 0 atom stereocenters. The first-order chi connectivity index (χ1) is 11.2. The van der Waals surface area contributed by atoms with Gasteiger partial charge in [-0.3, -0.25) is 9.36 Å². The van der Waals surface area contributed by atoms with Gasteiger partial charge in [0.2, 0.25) is 0 Å². The van der Waals surface area contributed by atoms with Gasteiger partial charge >= 0.3 is 0 Å². The van der Waals surface area contributed by atoms with Gasteiger partial charge < -0.3 is 14.6 Å². The van der Waals surface area contributed by atoms with E-state index in [-0.39, 0.29) is 5.91 Å². The van der Waals surface area contributed by atoms with Crippen LogP contribution in [0.5, 0.6) is 6.01 Å². The molecule has 1 aromatic carbocycles. The number of benzene rings is 1.